The van der Waals surface area contributed by atoms with E-state index < -0.39 is 0 Å². The second-order valence-corrected chi connectivity index (χ2v) is 5.27. The summed E-state index contributed by atoms with van der Waals surface area (Å²) in [6.45, 7) is 1.58. The molecule has 3 aromatic rings. The molecule has 3 rings (SSSR count). The third-order valence-electron chi connectivity index (χ3n) is 3.37. The summed E-state index contributed by atoms with van der Waals surface area (Å²) in [4.78, 5) is 0. The van der Waals surface area contributed by atoms with Crippen LogP contribution in [0.2, 0.25) is 5.02 Å². The second kappa shape index (κ2) is 6.57. The lowest BCUT2D eigenvalue weighted by atomic mass is 10.1. The van der Waals surface area contributed by atoms with Crippen LogP contribution in [-0.2, 0) is 13.1 Å². The van der Waals surface area contributed by atoms with Crippen molar-refractivity contribution < 1.29 is 0 Å². The van der Waals surface area contributed by atoms with Crippen LogP contribution in [-0.4, -0.2) is 10.2 Å². The number of nitrogens with zero attached hydrogens (tertiary/aromatic N) is 1. The predicted molar refractivity (Wildman–Crippen MR) is 86.0 cm³/mol. The molecule has 0 aliphatic rings. The highest BCUT2D eigenvalue weighted by atomic mass is 35.5. The molecular formula is C17H16ClN3. The van der Waals surface area contributed by atoms with Gasteiger partial charge in [0.25, 0.3) is 0 Å². The number of nitrogens with one attached hydrogen (secondary N) is 2. The van der Waals surface area contributed by atoms with Gasteiger partial charge in [-0.15, -0.1) is 0 Å². The van der Waals surface area contributed by atoms with Crippen LogP contribution in [0.15, 0.2) is 60.8 Å². The Hall–Kier alpha value is -2.10. The lowest BCUT2D eigenvalue weighted by molar-refractivity contribution is 0.693. The number of aromatic amines is 1. The molecule has 4 heteroatoms. The first-order valence-electron chi connectivity index (χ1n) is 6.86. The number of hydrogen-bond acceptors (Lipinski definition) is 2. The highest BCUT2D eigenvalue weighted by molar-refractivity contribution is 6.31. The zero-order valence-electron chi connectivity index (χ0n) is 11.5. The molecule has 106 valence electrons. The van der Waals surface area contributed by atoms with Gasteiger partial charge >= 0.3 is 0 Å². The van der Waals surface area contributed by atoms with Crippen molar-refractivity contribution in [2.45, 2.75) is 13.1 Å². The summed E-state index contributed by atoms with van der Waals surface area (Å²) in [5, 5.41) is 11.1. The summed E-state index contributed by atoms with van der Waals surface area (Å²) >= 11 is 6.13. The number of rotatable bonds is 5. The highest BCUT2D eigenvalue weighted by Gasteiger charge is 2.00. The zero-order valence-corrected chi connectivity index (χ0v) is 12.3. The van der Waals surface area contributed by atoms with Crippen LogP contribution in [0.4, 0.5) is 0 Å². The van der Waals surface area contributed by atoms with Gasteiger partial charge in [0.1, 0.15) is 0 Å². The second-order valence-electron chi connectivity index (χ2n) is 4.86. The summed E-state index contributed by atoms with van der Waals surface area (Å²) < 4.78 is 0. The van der Waals surface area contributed by atoms with Crippen LogP contribution in [0.25, 0.3) is 11.3 Å². The maximum atomic E-state index is 6.13. The molecule has 2 N–H and O–H groups in total. The van der Waals surface area contributed by atoms with E-state index in [0.717, 1.165) is 34.9 Å². The van der Waals surface area contributed by atoms with Crippen molar-refractivity contribution >= 4 is 11.6 Å². The van der Waals surface area contributed by atoms with Crippen LogP contribution in [0.5, 0.6) is 0 Å². The number of hydrogen-bond donors (Lipinski definition) is 2. The molecule has 0 unspecified atom stereocenters. The van der Waals surface area contributed by atoms with Crippen LogP contribution < -0.4 is 5.32 Å². The van der Waals surface area contributed by atoms with E-state index in [1.54, 1.807) is 6.20 Å². The maximum absolute atomic E-state index is 6.13. The monoisotopic (exact) mass is 297 g/mol. The lowest BCUT2D eigenvalue weighted by Crippen LogP contribution is -2.12. The van der Waals surface area contributed by atoms with E-state index in [1.165, 1.54) is 5.56 Å². The van der Waals surface area contributed by atoms with E-state index in [2.05, 4.69) is 39.8 Å². The molecule has 0 spiro atoms. The smallest absolute Gasteiger partial charge is 0.0650 e. The van der Waals surface area contributed by atoms with Crippen LogP contribution in [0.3, 0.4) is 0 Å². The predicted octanol–water partition coefficient (Wildman–Crippen LogP) is 4.02. The van der Waals surface area contributed by atoms with Crippen molar-refractivity contribution in [1.82, 2.24) is 15.5 Å². The molecular weight excluding hydrogens is 282 g/mol. The van der Waals surface area contributed by atoms with Gasteiger partial charge in [0.05, 0.1) is 5.69 Å². The number of H-pyrrole nitrogens is 1. The molecule has 0 saturated carbocycles. The fourth-order valence-electron chi connectivity index (χ4n) is 2.20. The molecule has 0 aliphatic heterocycles. The van der Waals surface area contributed by atoms with Crippen molar-refractivity contribution in [1.29, 1.82) is 0 Å². The minimum Gasteiger partial charge on any atom is -0.309 e. The standard InChI is InChI=1S/C17H16ClN3/c18-16-4-2-1-3-15(16)12-19-11-13-5-7-14(8-6-13)17-9-10-20-21-17/h1-10,19H,11-12H2,(H,20,21). The Morgan fingerprint density at radius 3 is 2.48 bits per heavy atom. The quantitative estimate of drug-likeness (QED) is 0.747. The first-order valence-corrected chi connectivity index (χ1v) is 7.23. The van der Waals surface area contributed by atoms with E-state index >= 15 is 0 Å². The first-order chi connectivity index (χ1) is 10.3. The molecule has 3 nitrogen and oxygen atoms in total. The molecule has 0 aliphatic carbocycles. The normalized spacial score (nSPS) is 10.7. The summed E-state index contributed by atoms with van der Waals surface area (Å²) in [5.41, 5.74) is 4.53. The SMILES string of the molecule is Clc1ccccc1CNCc1ccc(-c2ccn[nH]2)cc1. The van der Waals surface area contributed by atoms with E-state index in [1.807, 2.05) is 30.3 Å². The maximum Gasteiger partial charge on any atom is 0.0650 e. The Morgan fingerprint density at radius 2 is 1.76 bits per heavy atom. The molecule has 0 saturated heterocycles. The van der Waals surface area contributed by atoms with Crippen molar-refractivity contribution in [2.75, 3.05) is 0 Å². The largest absolute Gasteiger partial charge is 0.309 e. The average Bonchev–Trinajstić information content (AvgIpc) is 3.04. The van der Waals surface area contributed by atoms with Gasteiger partial charge < -0.3 is 5.32 Å². The zero-order chi connectivity index (χ0) is 14.5. The third kappa shape index (κ3) is 3.51. The highest BCUT2D eigenvalue weighted by Crippen LogP contribution is 2.17. The Labute approximate surface area is 129 Å². The molecule has 0 amide bonds. The minimum absolute atomic E-state index is 0.766. The number of halogens is 1. The molecule has 0 radical (unpaired) electrons. The summed E-state index contributed by atoms with van der Waals surface area (Å²) in [7, 11) is 0. The van der Waals surface area contributed by atoms with Gasteiger partial charge in [0.15, 0.2) is 0 Å². The summed E-state index contributed by atoms with van der Waals surface area (Å²) in [5.74, 6) is 0. The molecule has 0 fully saturated rings. The Bertz CT molecular complexity index is 690. The number of benzene rings is 2. The summed E-state index contributed by atoms with van der Waals surface area (Å²) in [6, 6.07) is 18.3. The van der Waals surface area contributed by atoms with Crippen molar-refractivity contribution in [3.63, 3.8) is 0 Å². The molecule has 1 aromatic heterocycles. The Balaban J connectivity index is 1.58. The van der Waals surface area contributed by atoms with Gasteiger partial charge in [0.2, 0.25) is 0 Å². The van der Waals surface area contributed by atoms with Crippen LogP contribution in [0, 0.1) is 0 Å². The van der Waals surface area contributed by atoms with Gasteiger partial charge in [-0.05, 0) is 28.8 Å². The Morgan fingerprint density at radius 1 is 0.952 bits per heavy atom. The molecule has 2 aromatic carbocycles. The molecule has 21 heavy (non-hydrogen) atoms. The van der Waals surface area contributed by atoms with Gasteiger partial charge in [0, 0.05) is 24.3 Å². The van der Waals surface area contributed by atoms with E-state index in [4.69, 9.17) is 11.6 Å². The molecule has 0 bridgehead atoms. The van der Waals surface area contributed by atoms with E-state index in [0.29, 0.717) is 0 Å². The third-order valence-corrected chi connectivity index (χ3v) is 3.74. The van der Waals surface area contributed by atoms with E-state index in [9.17, 15) is 0 Å². The van der Waals surface area contributed by atoms with Crippen LogP contribution >= 0.6 is 11.6 Å². The van der Waals surface area contributed by atoms with Gasteiger partial charge in [-0.2, -0.15) is 5.10 Å². The molecule has 1 heterocycles. The average molecular weight is 298 g/mol. The fourth-order valence-corrected chi connectivity index (χ4v) is 2.40. The van der Waals surface area contributed by atoms with Crippen molar-refractivity contribution in [3.05, 3.63) is 76.9 Å². The van der Waals surface area contributed by atoms with Crippen molar-refractivity contribution in [3.8, 4) is 11.3 Å². The van der Waals surface area contributed by atoms with Gasteiger partial charge in [-0.3, -0.25) is 5.10 Å². The lowest BCUT2D eigenvalue weighted by Gasteiger charge is -2.07. The number of aromatic nitrogens is 2. The Kier molecular flexibility index (Phi) is 4.34. The first kappa shape index (κ1) is 13.9. The topological polar surface area (TPSA) is 40.7 Å². The fraction of sp³-hybridized carbons (Fsp3) is 0.118. The van der Waals surface area contributed by atoms with E-state index in [-0.39, 0.29) is 0 Å². The molecule has 0 atom stereocenters. The van der Waals surface area contributed by atoms with Gasteiger partial charge in [-0.1, -0.05) is 54.1 Å². The van der Waals surface area contributed by atoms with Gasteiger partial charge in [-0.25, -0.2) is 0 Å². The van der Waals surface area contributed by atoms with Crippen LogP contribution in [0.1, 0.15) is 11.1 Å². The minimum atomic E-state index is 0.766. The summed E-state index contributed by atoms with van der Waals surface area (Å²) in [6.07, 6.45) is 1.76. The van der Waals surface area contributed by atoms with Crippen molar-refractivity contribution in [2.24, 2.45) is 0 Å².